The van der Waals surface area contributed by atoms with Gasteiger partial charge in [-0.1, -0.05) is 13.3 Å². The molecule has 0 aliphatic rings. The summed E-state index contributed by atoms with van der Waals surface area (Å²) in [5.74, 6) is 0. The lowest BCUT2D eigenvalue weighted by Crippen LogP contribution is -2.27. The fourth-order valence-corrected chi connectivity index (χ4v) is 3.66. The van der Waals surface area contributed by atoms with Crippen molar-refractivity contribution in [3.63, 3.8) is 0 Å². The molecule has 104 valence electrons. The van der Waals surface area contributed by atoms with Gasteiger partial charge >= 0.3 is 0 Å². The molecule has 0 aliphatic heterocycles. The molecule has 0 radical (unpaired) electrons. The molecule has 0 amide bonds. The Hall–Kier alpha value is -0.470. The smallest absolute Gasteiger partial charge is 0.241 e. The first-order valence-corrected chi connectivity index (χ1v) is 8.22. The van der Waals surface area contributed by atoms with Gasteiger partial charge in [-0.05, 0) is 17.9 Å². The van der Waals surface area contributed by atoms with E-state index in [1.807, 2.05) is 0 Å². The minimum atomic E-state index is -3.53. The van der Waals surface area contributed by atoms with Gasteiger partial charge < -0.3 is 9.84 Å². The lowest BCUT2D eigenvalue weighted by Gasteiger charge is -2.07. The maximum absolute atomic E-state index is 11.9. The Morgan fingerprint density at radius 1 is 1.44 bits per heavy atom. The first kappa shape index (κ1) is 15.6. The second kappa shape index (κ2) is 7.85. The number of ether oxygens (including phenoxy) is 1. The predicted octanol–water partition coefficient (Wildman–Crippen LogP) is 1.34. The SMILES string of the molecule is CCCCOCCNS(=O)(=O)c1ccsc1CO. The van der Waals surface area contributed by atoms with Crippen LogP contribution in [0.5, 0.6) is 0 Å². The van der Waals surface area contributed by atoms with Crippen molar-refractivity contribution in [2.75, 3.05) is 19.8 Å². The highest BCUT2D eigenvalue weighted by Gasteiger charge is 2.18. The van der Waals surface area contributed by atoms with Gasteiger partial charge in [-0.15, -0.1) is 11.3 Å². The van der Waals surface area contributed by atoms with Gasteiger partial charge in [0, 0.05) is 18.0 Å². The van der Waals surface area contributed by atoms with Crippen molar-refractivity contribution < 1.29 is 18.3 Å². The third-order valence-electron chi connectivity index (χ3n) is 2.32. The zero-order valence-corrected chi connectivity index (χ0v) is 12.0. The molecule has 18 heavy (non-hydrogen) atoms. The molecule has 5 nitrogen and oxygen atoms in total. The molecular formula is C11H19NO4S2. The lowest BCUT2D eigenvalue weighted by molar-refractivity contribution is 0.136. The summed E-state index contributed by atoms with van der Waals surface area (Å²) < 4.78 is 31.5. The van der Waals surface area contributed by atoms with E-state index in [1.165, 1.54) is 17.4 Å². The van der Waals surface area contributed by atoms with Gasteiger partial charge in [0.25, 0.3) is 0 Å². The highest BCUT2D eigenvalue weighted by molar-refractivity contribution is 7.89. The van der Waals surface area contributed by atoms with Gasteiger partial charge in [0.1, 0.15) is 0 Å². The molecule has 0 saturated heterocycles. The molecule has 0 aliphatic carbocycles. The van der Waals surface area contributed by atoms with Crippen LogP contribution in [-0.4, -0.2) is 33.3 Å². The van der Waals surface area contributed by atoms with E-state index in [1.54, 1.807) is 5.38 Å². The summed E-state index contributed by atoms with van der Waals surface area (Å²) in [6.45, 7) is 3.06. The van der Waals surface area contributed by atoms with Gasteiger partial charge in [0.15, 0.2) is 0 Å². The summed E-state index contributed by atoms with van der Waals surface area (Å²) in [6, 6.07) is 1.50. The minimum Gasteiger partial charge on any atom is -0.391 e. The Morgan fingerprint density at radius 3 is 2.89 bits per heavy atom. The van der Waals surface area contributed by atoms with Crippen LogP contribution in [-0.2, 0) is 21.4 Å². The second-order valence-corrected chi connectivity index (χ2v) is 6.47. The van der Waals surface area contributed by atoms with Crippen LogP contribution in [0.3, 0.4) is 0 Å². The number of thiophene rings is 1. The van der Waals surface area contributed by atoms with Gasteiger partial charge in [-0.3, -0.25) is 0 Å². The van der Waals surface area contributed by atoms with Crippen LogP contribution in [0.25, 0.3) is 0 Å². The van der Waals surface area contributed by atoms with Crippen molar-refractivity contribution in [3.05, 3.63) is 16.3 Å². The Morgan fingerprint density at radius 2 is 2.22 bits per heavy atom. The van der Waals surface area contributed by atoms with E-state index in [-0.39, 0.29) is 18.0 Å². The molecule has 0 unspecified atom stereocenters. The van der Waals surface area contributed by atoms with Crippen LogP contribution in [0, 0.1) is 0 Å². The van der Waals surface area contributed by atoms with Gasteiger partial charge in [0.05, 0.1) is 18.1 Å². The number of rotatable bonds is 9. The molecule has 1 aromatic rings. The fraction of sp³-hybridized carbons (Fsp3) is 0.636. The van der Waals surface area contributed by atoms with E-state index in [0.29, 0.717) is 18.1 Å². The second-order valence-electron chi connectivity index (χ2n) is 3.73. The van der Waals surface area contributed by atoms with Crippen molar-refractivity contribution >= 4 is 21.4 Å². The molecule has 7 heteroatoms. The average Bonchev–Trinajstić information content (AvgIpc) is 2.82. The lowest BCUT2D eigenvalue weighted by atomic mass is 10.4. The van der Waals surface area contributed by atoms with E-state index >= 15 is 0 Å². The quantitative estimate of drug-likeness (QED) is 0.674. The van der Waals surface area contributed by atoms with Gasteiger partial charge in [-0.2, -0.15) is 0 Å². The standard InChI is InChI=1S/C11H19NO4S2/c1-2-3-6-16-7-5-12-18(14,15)11-4-8-17-10(11)9-13/h4,8,12-13H,2-3,5-7,9H2,1H3. The maximum atomic E-state index is 11.9. The molecular weight excluding hydrogens is 274 g/mol. The zero-order valence-electron chi connectivity index (χ0n) is 10.4. The number of nitrogens with one attached hydrogen (secondary N) is 1. The number of aliphatic hydroxyl groups excluding tert-OH is 1. The van der Waals surface area contributed by atoms with Crippen LogP contribution in [0.2, 0.25) is 0 Å². The van der Waals surface area contributed by atoms with E-state index in [2.05, 4.69) is 11.6 Å². The van der Waals surface area contributed by atoms with Crippen molar-refractivity contribution in [3.8, 4) is 0 Å². The third-order valence-corrected chi connectivity index (χ3v) is 4.90. The summed E-state index contributed by atoms with van der Waals surface area (Å²) in [7, 11) is -3.53. The molecule has 0 spiro atoms. The minimum absolute atomic E-state index is 0.156. The van der Waals surface area contributed by atoms with Crippen LogP contribution < -0.4 is 4.72 Å². The van der Waals surface area contributed by atoms with Crippen LogP contribution in [0.4, 0.5) is 0 Å². The molecule has 0 aromatic carbocycles. The van der Waals surface area contributed by atoms with Crippen molar-refractivity contribution in [2.45, 2.75) is 31.3 Å². The Kier molecular flexibility index (Phi) is 6.80. The summed E-state index contributed by atoms with van der Waals surface area (Å²) in [5, 5.41) is 10.7. The third kappa shape index (κ3) is 4.66. The molecule has 0 bridgehead atoms. The van der Waals surface area contributed by atoms with E-state index in [0.717, 1.165) is 12.8 Å². The Bertz CT molecular complexity index is 442. The van der Waals surface area contributed by atoms with E-state index < -0.39 is 10.0 Å². The summed E-state index contributed by atoms with van der Waals surface area (Å²) >= 11 is 1.23. The molecule has 2 N–H and O–H groups in total. The van der Waals surface area contributed by atoms with Gasteiger partial charge in [-0.25, -0.2) is 13.1 Å². The van der Waals surface area contributed by atoms with Crippen LogP contribution >= 0.6 is 11.3 Å². The zero-order chi connectivity index (χ0) is 13.4. The topological polar surface area (TPSA) is 75.6 Å². The number of aliphatic hydroxyl groups is 1. The van der Waals surface area contributed by atoms with Crippen LogP contribution in [0.1, 0.15) is 24.6 Å². The molecule has 0 atom stereocenters. The Balaban J connectivity index is 2.41. The molecule has 1 rings (SSSR count). The van der Waals surface area contributed by atoms with Crippen molar-refractivity contribution in [2.24, 2.45) is 0 Å². The average molecular weight is 293 g/mol. The molecule has 0 fully saturated rings. The Labute approximate surface area is 112 Å². The first-order valence-electron chi connectivity index (χ1n) is 5.86. The highest BCUT2D eigenvalue weighted by atomic mass is 32.2. The first-order chi connectivity index (χ1) is 8.61. The highest BCUT2D eigenvalue weighted by Crippen LogP contribution is 2.21. The number of unbranched alkanes of at least 4 members (excludes halogenated alkanes) is 1. The molecule has 0 saturated carbocycles. The van der Waals surface area contributed by atoms with Gasteiger partial charge in [0.2, 0.25) is 10.0 Å². The number of sulfonamides is 1. The van der Waals surface area contributed by atoms with E-state index in [9.17, 15) is 8.42 Å². The summed E-state index contributed by atoms with van der Waals surface area (Å²) in [5.41, 5.74) is 0. The number of hydrogen-bond donors (Lipinski definition) is 2. The molecule has 1 aromatic heterocycles. The summed E-state index contributed by atoms with van der Waals surface area (Å²) in [6.07, 6.45) is 2.03. The normalized spacial score (nSPS) is 11.9. The van der Waals surface area contributed by atoms with E-state index in [4.69, 9.17) is 9.84 Å². The fourth-order valence-electron chi connectivity index (χ4n) is 1.36. The predicted molar refractivity (Wildman–Crippen MR) is 71.2 cm³/mol. The molecule has 1 heterocycles. The van der Waals surface area contributed by atoms with Crippen molar-refractivity contribution in [1.29, 1.82) is 0 Å². The monoisotopic (exact) mass is 293 g/mol. The summed E-state index contributed by atoms with van der Waals surface area (Å²) in [4.78, 5) is 0.609. The maximum Gasteiger partial charge on any atom is 0.241 e. The van der Waals surface area contributed by atoms with Crippen molar-refractivity contribution in [1.82, 2.24) is 4.72 Å². The van der Waals surface area contributed by atoms with Crippen LogP contribution in [0.15, 0.2) is 16.3 Å². The largest absolute Gasteiger partial charge is 0.391 e. The number of hydrogen-bond acceptors (Lipinski definition) is 5.